The largest absolute Gasteiger partial charge is 0.354 e. The SMILES string of the molecule is Cc1ccc(/C=c2\s/c(=C\C(=O)C(C)(C)C)n(CC(=O)NCCC3=CCCCC3)c2=O)s1. The summed E-state index contributed by atoms with van der Waals surface area (Å²) in [6, 6.07) is 3.98. The highest BCUT2D eigenvalue weighted by Crippen LogP contribution is 2.19. The maximum atomic E-state index is 13.1. The van der Waals surface area contributed by atoms with E-state index in [4.69, 9.17) is 0 Å². The second-order valence-corrected chi connectivity index (χ2v) is 11.6. The monoisotopic (exact) mass is 472 g/mol. The molecule has 1 amide bonds. The minimum atomic E-state index is -0.560. The number of allylic oxidation sites excluding steroid dienone is 1. The number of rotatable bonds is 7. The molecule has 0 atom stereocenters. The fourth-order valence-corrected chi connectivity index (χ4v) is 5.40. The van der Waals surface area contributed by atoms with Crippen molar-refractivity contribution in [2.75, 3.05) is 6.54 Å². The van der Waals surface area contributed by atoms with Gasteiger partial charge in [-0.2, -0.15) is 0 Å². The zero-order chi connectivity index (χ0) is 23.3. The number of hydrogen-bond donors (Lipinski definition) is 1. The number of carbonyl (C=O) groups excluding carboxylic acids is 2. The van der Waals surface area contributed by atoms with Crippen LogP contribution in [0.3, 0.4) is 0 Å². The van der Waals surface area contributed by atoms with E-state index in [9.17, 15) is 14.4 Å². The Morgan fingerprint density at radius 2 is 1.97 bits per heavy atom. The molecule has 0 bridgehead atoms. The highest BCUT2D eigenvalue weighted by molar-refractivity contribution is 7.13. The van der Waals surface area contributed by atoms with Crippen LogP contribution in [0.4, 0.5) is 0 Å². The van der Waals surface area contributed by atoms with Gasteiger partial charge in [0.2, 0.25) is 5.91 Å². The zero-order valence-electron chi connectivity index (χ0n) is 19.3. The summed E-state index contributed by atoms with van der Waals surface area (Å²) in [7, 11) is 0. The van der Waals surface area contributed by atoms with Crippen molar-refractivity contribution >= 4 is 46.5 Å². The lowest BCUT2D eigenvalue weighted by atomic mass is 9.91. The van der Waals surface area contributed by atoms with Gasteiger partial charge in [0.1, 0.15) is 11.2 Å². The summed E-state index contributed by atoms with van der Waals surface area (Å²) in [5.41, 5.74) is 0.603. The predicted octanol–water partition coefficient (Wildman–Crippen LogP) is 3.51. The second-order valence-electron chi connectivity index (χ2n) is 9.26. The molecule has 0 radical (unpaired) electrons. The molecule has 2 heterocycles. The Hall–Kier alpha value is -2.25. The van der Waals surface area contributed by atoms with E-state index >= 15 is 0 Å². The van der Waals surface area contributed by atoms with E-state index in [-0.39, 0.29) is 23.8 Å². The zero-order valence-corrected chi connectivity index (χ0v) is 21.0. The van der Waals surface area contributed by atoms with Crippen molar-refractivity contribution in [2.24, 2.45) is 5.41 Å². The maximum Gasteiger partial charge on any atom is 0.269 e. The molecular formula is C25H32N2O3S2. The molecule has 3 rings (SSSR count). The summed E-state index contributed by atoms with van der Waals surface area (Å²) < 4.78 is 2.47. The third kappa shape index (κ3) is 6.62. The molecule has 1 aliphatic carbocycles. The number of thiazole rings is 1. The first-order valence-corrected chi connectivity index (χ1v) is 12.8. The minimum absolute atomic E-state index is 0.0735. The Kier molecular flexibility index (Phi) is 8.06. The van der Waals surface area contributed by atoms with Gasteiger partial charge in [0.05, 0.1) is 4.53 Å². The first kappa shape index (κ1) is 24.4. The summed E-state index contributed by atoms with van der Waals surface area (Å²) in [5.74, 6) is -0.284. The second kappa shape index (κ2) is 10.6. The number of carbonyl (C=O) groups is 2. The number of aromatic nitrogens is 1. The molecule has 0 saturated carbocycles. The van der Waals surface area contributed by atoms with Crippen LogP contribution in [0.5, 0.6) is 0 Å². The molecular weight excluding hydrogens is 440 g/mol. The van der Waals surface area contributed by atoms with Crippen molar-refractivity contribution in [1.82, 2.24) is 9.88 Å². The predicted molar refractivity (Wildman–Crippen MR) is 134 cm³/mol. The topological polar surface area (TPSA) is 68.2 Å². The number of thiophene rings is 1. The Labute approximate surface area is 197 Å². The van der Waals surface area contributed by atoms with Crippen LogP contribution in [0.15, 0.2) is 28.6 Å². The fraction of sp³-hybridized carbons (Fsp3) is 0.480. The van der Waals surface area contributed by atoms with Gasteiger partial charge in [0.25, 0.3) is 5.56 Å². The van der Waals surface area contributed by atoms with Crippen molar-refractivity contribution in [3.63, 3.8) is 0 Å². The smallest absolute Gasteiger partial charge is 0.269 e. The first-order valence-electron chi connectivity index (χ1n) is 11.1. The van der Waals surface area contributed by atoms with Gasteiger partial charge in [0, 0.05) is 27.8 Å². The lowest BCUT2D eigenvalue weighted by molar-refractivity contribution is -0.122. The molecule has 0 aliphatic heterocycles. The van der Waals surface area contributed by atoms with Crippen LogP contribution < -0.4 is 20.1 Å². The fourth-order valence-electron chi connectivity index (χ4n) is 3.48. The van der Waals surface area contributed by atoms with Crippen molar-refractivity contribution in [3.8, 4) is 0 Å². The molecule has 1 N–H and O–H groups in total. The van der Waals surface area contributed by atoms with E-state index in [2.05, 4.69) is 11.4 Å². The van der Waals surface area contributed by atoms with E-state index in [1.165, 1.54) is 40.4 Å². The number of Topliss-reactive ketones (excluding diaryl/α,β-unsaturated/α-hetero) is 1. The molecule has 1 aliphatic rings. The van der Waals surface area contributed by atoms with Gasteiger partial charge in [-0.15, -0.1) is 22.7 Å². The standard InChI is InChI=1S/C25H32N2O3S2/c1-17-10-11-19(31-17)14-20-24(30)27(23(32-20)15-21(28)25(2,3)4)16-22(29)26-13-12-18-8-6-5-7-9-18/h8,10-11,14-15H,5-7,9,12-13,16H2,1-4H3,(H,26,29)/b20-14-,23-15-. The Morgan fingerprint density at radius 1 is 1.19 bits per heavy atom. The minimum Gasteiger partial charge on any atom is -0.354 e. The molecule has 0 saturated heterocycles. The van der Waals surface area contributed by atoms with E-state index in [0.29, 0.717) is 15.7 Å². The first-order chi connectivity index (χ1) is 15.1. The van der Waals surface area contributed by atoms with Crippen LogP contribution in [0.1, 0.15) is 62.6 Å². The maximum absolute atomic E-state index is 13.1. The molecule has 0 unspecified atom stereocenters. The quantitative estimate of drug-likeness (QED) is 0.627. The summed E-state index contributed by atoms with van der Waals surface area (Å²) in [4.78, 5) is 40.5. The van der Waals surface area contributed by atoms with Gasteiger partial charge >= 0.3 is 0 Å². The van der Waals surface area contributed by atoms with Crippen molar-refractivity contribution < 1.29 is 9.59 Å². The van der Waals surface area contributed by atoms with E-state index in [0.717, 1.165) is 29.0 Å². The number of amides is 1. The van der Waals surface area contributed by atoms with Gasteiger partial charge in [-0.25, -0.2) is 0 Å². The average Bonchev–Trinajstić information content (AvgIpc) is 3.26. The number of ketones is 1. The highest BCUT2D eigenvalue weighted by Gasteiger charge is 2.20. The van der Waals surface area contributed by atoms with Crippen molar-refractivity contribution in [1.29, 1.82) is 0 Å². The van der Waals surface area contributed by atoms with Crippen LogP contribution in [0.2, 0.25) is 0 Å². The summed E-state index contributed by atoms with van der Waals surface area (Å²) in [6.45, 7) is 8.03. The van der Waals surface area contributed by atoms with E-state index < -0.39 is 5.41 Å². The average molecular weight is 473 g/mol. The number of aryl methyl sites for hydroxylation is 1. The molecule has 2 aromatic heterocycles. The van der Waals surface area contributed by atoms with Gasteiger partial charge in [0.15, 0.2) is 5.78 Å². The third-order valence-corrected chi connectivity index (χ3v) is 7.43. The number of nitrogens with zero attached hydrogens (tertiary/aromatic N) is 1. The molecule has 0 aromatic carbocycles. The summed E-state index contributed by atoms with van der Waals surface area (Å²) in [5, 5.41) is 2.94. The molecule has 7 heteroatoms. The van der Waals surface area contributed by atoms with E-state index in [1.807, 2.05) is 45.9 Å². The lowest BCUT2D eigenvalue weighted by Gasteiger charge is -2.13. The molecule has 0 spiro atoms. The number of nitrogens with one attached hydrogen (secondary N) is 1. The Bertz CT molecular complexity index is 1190. The normalized spacial score (nSPS) is 15.7. The van der Waals surface area contributed by atoms with Gasteiger partial charge in [-0.1, -0.05) is 32.4 Å². The summed E-state index contributed by atoms with van der Waals surface area (Å²) in [6.07, 6.45) is 11.2. The van der Waals surface area contributed by atoms with E-state index in [1.54, 1.807) is 11.3 Å². The molecule has 0 fully saturated rings. The molecule has 5 nitrogen and oxygen atoms in total. The van der Waals surface area contributed by atoms with Crippen molar-refractivity contribution in [2.45, 2.75) is 66.3 Å². The van der Waals surface area contributed by atoms with Crippen LogP contribution in [0.25, 0.3) is 12.2 Å². The van der Waals surface area contributed by atoms with Gasteiger partial charge in [-0.05, 0) is 57.2 Å². The third-order valence-electron chi connectivity index (χ3n) is 5.42. The molecule has 32 heavy (non-hydrogen) atoms. The highest BCUT2D eigenvalue weighted by atomic mass is 32.1. The van der Waals surface area contributed by atoms with Crippen LogP contribution in [0, 0.1) is 12.3 Å². The molecule has 172 valence electrons. The van der Waals surface area contributed by atoms with Gasteiger partial charge < -0.3 is 5.32 Å². The van der Waals surface area contributed by atoms with Crippen LogP contribution in [-0.2, 0) is 16.1 Å². The Balaban J connectivity index is 1.85. The van der Waals surface area contributed by atoms with Crippen LogP contribution in [-0.4, -0.2) is 22.8 Å². The van der Waals surface area contributed by atoms with Crippen LogP contribution >= 0.6 is 22.7 Å². The van der Waals surface area contributed by atoms with Crippen molar-refractivity contribution in [3.05, 3.63) is 53.1 Å². The lowest BCUT2D eigenvalue weighted by Crippen LogP contribution is -2.39. The summed E-state index contributed by atoms with van der Waals surface area (Å²) >= 11 is 2.86. The Morgan fingerprint density at radius 3 is 2.59 bits per heavy atom. The molecule has 2 aromatic rings. The van der Waals surface area contributed by atoms with Gasteiger partial charge in [-0.3, -0.25) is 19.0 Å². The number of hydrogen-bond acceptors (Lipinski definition) is 5.